The van der Waals surface area contributed by atoms with Crippen LogP contribution in [0.25, 0.3) is 0 Å². The Hall–Kier alpha value is -1.26. The molecule has 0 N–H and O–H groups in total. The molecule has 1 aromatic rings. The van der Waals surface area contributed by atoms with Crippen molar-refractivity contribution in [2.24, 2.45) is 0 Å². The highest BCUT2D eigenvalue weighted by atomic mass is 15.4. The van der Waals surface area contributed by atoms with Crippen LogP contribution in [0.2, 0.25) is 0 Å². The molecule has 0 radical (unpaired) electrons. The lowest BCUT2D eigenvalue weighted by atomic mass is 10.1. The van der Waals surface area contributed by atoms with Crippen molar-refractivity contribution >= 4 is 5.69 Å². The van der Waals surface area contributed by atoms with Crippen LogP contribution in [0, 0.1) is 0 Å². The fraction of sp³-hybridized carbons (Fsp3) is 0.941. The van der Waals surface area contributed by atoms with E-state index in [1.54, 1.807) is 0 Å². The lowest BCUT2D eigenvalue weighted by molar-refractivity contribution is -0.929. The minimum absolute atomic E-state index is 0.890. The van der Waals surface area contributed by atoms with Crippen LogP contribution in [0.4, 0.5) is 5.69 Å². The molecule has 0 saturated heterocycles. The molecule has 0 fully saturated rings. The van der Waals surface area contributed by atoms with Crippen LogP contribution in [0.5, 0.6) is 0 Å². The summed E-state index contributed by atoms with van der Waals surface area (Å²) in [7, 11) is 46.7. The fourth-order valence-electron chi connectivity index (χ4n) is 13.8. The van der Waals surface area contributed by atoms with Crippen LogP contribution in [-0.4, -0.2) is 367 Å². The van der Waals surface area contributed by atoms with Gasteiger partial charge in [-0.1, -0.05) is 160 Å². The van der Waals surface area contributed by atoms with Crippen molar-refractivity contribution in [1.82, 2.24) is 4.48 Å². The molecule has 698 valence electrons. The molecule has 1 rings (SSSR count). The highest BCUT2D eigenvalue weighted by Crippen LogP contribution is 2.19. The SMILES string of the molecule is CCCC[N+](C)(CCCC)CCCC.CCCC[N+](CCCC)(CCCC)CCCC.CCC[N+](C)(CCC)CCC.CCC[N+](CCC)(CCC)CCC.CC[N+](C)(C)C.CC[N+](C)(C)CC.CC[N+](C)(CC)CC.CC[N+](CC)(CC)CC.C[N+](C)(C)C.C[N+](C)(C)CCCCCC[N+](C)(C)C.C[N+](C)(C)c1ccccc1. The smallest absolute Gasteiger partial charge is 0.132 e. The van der Waals surface area contributed by atoms with Gasteiger partial charge >= 0.3 is 0 Å². The Morgan fingerprint density at radius 2 is 0.395 bits per heavy atom. The van der Waals surface area contributed by atoms with E-state index in [9.17, 15) is 0 Å². The molecule has 0 aliphatic carbocycles. The van der Waals surface area contributed by atoms with Crippen molar-refractivity contribution < 1.29 is 49.3 Å². The van der Waals surface area contributed by atoms with Gasteiger partial charge in [0.05, 0.1) is 318 Å². The number of nitrogens with zero attached hydrogens (tertiary/aromatic N) is 12. The summed E-state index contributed by atoms with van der Waals surface area (Å²) in [6, 6.07) is 10.5. The maximum atomic E-state index is 2.45. The first-order valence-electron chi connectivity index (χ1n) is 49.7. The van der Waals surface area contributed by atoms with Crippen molar-refractivity contribution in [2.45, 2.75) is 327 Å². The van der Waals surface area contributed by atoms with Crippen LogP contribution in [0.1, 0.15) is 327 Å². The Morgan fingerprint density at radius 3 is 0.535 bits per heavy atom. The van der Waals surface area contributed by atoms with E-state index >= 15 is 0 Å². The molecule has 1 aromatic carbocycles. The predicted octanol–water partition coefficient (Wildman–Crippen LogP) is 24.3. The predicted molar refractivity (Wildman–Crippen MR) is 534 cm³/mol. The molecule has 12 heteroatoms. The maximum absolute atomic E-state index is 2.45. The lowest BCUT2D eigenvalue weighted by Crippen LogP contribution is -2.50. The zero-order valence-corrected chi connectivity index (χ0v) is 89.8. The summed E-state index contributed by atoms with van der Waals surface area (Å²) in [4.78, 5) is 0. The molecular formula is C102H242N12+12. The summed E-state index contributed by atoms with van der Waals surface area (Å²) < 4.78 is 14.2. The summed E-state index contributed by atoms with van der Waals surface area (Å²) in [5, 5.41) is 0. The topological polar surface area (TPSA) is 0 Å². The minimum atomic E-state index is 0.890. The average Bonchev–Trinajstić information content (AvgIpc) is 0.881. The standard InChI is InChI=1S/C16H36N.C13H30N.C12H30N2.C12H28N.C10H24N.C9H14N.C8H20N.C7H18N.C6H16N.C5H14N.C4H12N/c1-5-9-13-17(14-10-6-2,15-11-7-3)16-12-8-4;1-5-8-11-14(4,12-9-6-2)13-10-7-3;1-13(2,3)11-9-7-8-10-12-14(4,5)6;1-5-9-13(10-6-2,11-7-3)12-8-4;1-5-8-11(4,9-6-2)10-7-3;1-10(2,3)9-7-5-4-6-8-9;1-5-9(6-2,7-3)8-4;1-5-8(4,6-2)7-3;1-5-7(3,4)6-2;1-5-6(2,3)4;1-5(2,3)4/h5-16H2,1-4H3;5-13H2,1-4H3;7-12H2,1-6H3;5-12H2,1-4H3;5-10H2,1-4H3;4-8H,1-3H3;5-8H2,1-4H3;5-7H2,1-4H3;5-6H2,1-4H3;5H2,1-4H3;1-4H3/q2*+1;+2;8*+1. The molecule has 0 aromatic heterocycles. The average molecular weight is 1640 g/mol. The Bertz CT molecular complexity index is 1820. The van der Waals surface area contributed by atoms with Gasteiger partial charge < -0.3 is 49.3 Å². The minimum Gasteiger partial charge on any atom is -0.333 e. The molecule has 12 nitrogen and oxygen atoms in total. The van der Waals surface area contributed by atoms with Gasteiger partial charge in [0.15, 0.2) is 0 Å². The largest absolute Gasteiger partial charge is 0.333 e. The van der Waals surface area contributed by atoms with Crippen LogP contribution in [0.3, 0.4) is 0 Å². The third-order valence-corrected chi connectivity index (χ3v) is 23.8. The van der Waals surface area contributed by atoms with Crippen molar-refractivity contribution in [3.05, 3.63) is 30.3 Å². The number of quaternary nitrogens is 12. The highest BCUT2D eigenvalue weighted by molar-refractivity contribution is 5.40. The molecule has 0 amide bonds. The van der Waals surface area contributed by atoms with Gasteiger partial charge in [-0.05, 0) is 197 Å². The molecule has 0 aliphatic rings. The maximum Gasteiger partial charge on any atom is 0.132 e. The zero-order chi connectivity index (χ0) is 91.2. The molecule has 0 aliphatic heterocycles. The second-order valence-electron chi connectivity index (χ2n) is 41.4. The normalized spacial score (nSPS) is 12.1. The van der Waals surface area contributed by atoms with Crippen LogP contribution >= 0.6 is 0 Å². The lowest BCUT2D eigenvalue weighted by Gasteiger charge is -2.39. The molecule has 114 heavy (non-hydrogen) atoms. The second kappa shape index (κ2) is 81.4. The van der Waals surface area contributed by atoms with Crippen molar-refractivity contribution in [1.29, 1.82) is 0 Å². The number of hydrogen-bond acceptors (Lipinski definition) is 0. The summed E-state index contributed by atoms with van der Waals surface area (Å²) >= 11 is 0. The molecule has 0 heterocycles. The van der Waals surface area contributed by atoms with Crippen LogP contribution < -0.4 is 4.48 Å². The van der Waals surface area contributed by atoms with Gasteiger partial charge in [0.2, 0.25) is 0 Å². The zero-order valence-electron chi connectivity index (χ0n) is 89.8. The molecule has 0 saturated carbocycles. The summed E-state index contributed by atoms with van der Waals surface area (Å²) in [5.74, 6) is 0. The Labute approximate surface area is 730 Å². The number of unbranched alkanes of at least 4 members (excludes halogenated alkanes) is 10. The van der Waals surface area contributed by atoms with Gasteiger partial charge in [-0.25, -0.2) is 0 Å². The van der Waals surface area contributed by atoms with E-state index in [-0.39, 0.29) is 0 Å². The number of para-hydroxylation sites is 1. The Kier molecular flexibility index (Phi) is 95.2. The van der Waals surface area contributed by atoms with E-state index in [0.29, 0.717) is 0 Å². The molecular weight excluding hydrogens is 1390 g/mol. The first kappa shape index (κ1) is 133. The first-order chi connectivity index (χ1) is 52.8. The second-order valence-corrected chi connectivity index (χ2v) is 41.4. The van der Waals surface area contributed by atoms with Crippen LogP contribution in [-0.2, 0) is 0 Å². The Balaban J connectivity index is -0.000000132. The van der Waals surface area contributed by atoms with E-state index in [2.05, 4.69) is 338 Å². The van der Waals surface area contributed by atoms with Gasteiger partial charge in [0.25, 0.3) is 0 Å². The van der Waals surface area contributed by atoms with E-state index in [1.165, 1.54) is 363 Å². The highest BCUT2D eigenvalue weighted by Gasteiger charge is 2.26. The molecule has 0 bridgehead atoms. The van der Waals surface area contributed by atoms with E-state index in [1.807, 2.05) is 6.07 Å². The van der Waals surface area contributed by atoms with Gasteiger partial charge in [0.1, 0.15) is 5.69 Å². The van der Waals surface area contributed by atoms with Gasteiger partial charge in [-0.15, -0.1) is 0 Å². The number of rotatable bonds is 53. The number of benzene rings is 1. The summed E-state index contributed by atoms with van der Waals surface area (Å²) in [6.07, 6.45) is 34.1. The molecule has 0 unspecified atom stereocenters. The third kappa shape index (κ3) is 97.9. The summed E-state index contributed by atoms with van der Waals surface area (Å²) in [6.45, 7) is 89.4. The van der Waals surface area contributed by atoms with Gasteiger partial charge in [0, 0.05) is 0 Å². The first-order valence-corrected chi connectivity index (χ1v) is 49.7. The van der Waals surface area contributed by atoms with Gasteiger partial charge in [-0.3, -0.25) is 4.48 Å². The number of hydrogen-bond donors (Lipinski definition) is 0. The third-order valence-electron chi connectivity index (χ3n) is 23.8. The molecule has 0 atom stereocenters. The summed E-state index contributed by atoms with van der Waals surface area (Å²) in [5.41, 5.74) is 1.34. The molecule has 0 spiro atoms. The van der Waals surface area contributed by atoms with E-state index in [0.717, 1.165) is 26.9 Å². The van der Waals surface area contributed by atoms with Crippen molar-refractivity contribution in [2.75, 3.05) is 318 Å². The van der Waals surface area contributed by atoms with Crippen molar-refractivity contribution in [3.8, 4) is 0 Å². The fourth-order valence-corrected chi connectivity index (χ4v) is 13.8. The van der Waals surface area contributed by atoms with Crippen LogP contribution in [0.15, 0.2) is 30.3 Å². The monoisotopic (exact) mass is 1640 g/mol. The van der Waals surface area contributed by atoms with E-state index < -0.39 is 0 Å². The van der Waals surface area contributed by atoms with E-state index in [4.69, 9.17) is 0 Å². The quantitative estimate of drug-likeness (QED) is 0.0450. The van der Waals surface area contributed by atoms with Crippen molar-refractivity contribution in [3.63, 3.8) is 0 Å². The van der Waals surface area contributed by atoms with Gasteiger partial charge in [-0.2, -0.15) is 0 Å². The Morgan fingerprint density at radius 1 is 0.175 bits per heavy atom.